The van der Waals surface area contributed by atoms with Crippen molar-refractivity contribution in [1.82, 2.24) is 20.9 Å². The first-order valence-electron chi connectivity index (χ1n) is 16.1. The average Bonchev–Trinajstić information content (AvgIpc) is 3.00. The molecule has 0 heterocycles. The maximum Gasteiger partial charge on any atom is 0.242 e. The van der Waals surface area contributed by atoms with E-state index in [1.165, 1.54) is 6.42 Å². The highest BCUT2D eigenvalue weighted by Crippen LogP contribution is 2.29. The fraction of sp³-hybridized carbons (Fsp3) is 0.727. The van der Waals surface area contributed by atoms with Gasteiger partial charge < -0.3 is 31.1 Å². The first-order chi connectivity index (χ1) is 20.2. The molecule has 0 spiro atoms. The molecule has 1 fully saturated rings. The van der Waals surface area contributed by atoms with Crippen LogP contribution in [0.4, 0.5) is 0 Å². The number of nitrogens with zero attached hydrogens (tertiary/aromatic N) is 1. The van der Waals surface area contributed by atoms with Gasteiger partial charge in [-0.25, -0.2) is 0 Å². The molecule has 1 aromatic carbocycles. The van der Waals surface area contributed by atoms with Gasteiger partial charge in [-0.1, -0.05) is 89.1 Å². The molecular formula is C33H56N4O5. The van der Waals surface area contributed by atoms with Crippen molar-refractivity contribution in [2.24, 2.45) is 11.8 Å². The van der Waals surface area contributed by atoms with Gasteiger partial charge >= 0.3 is 0 Å². The lowest BCUT2D eigenvalue weighted by molar-refractivity contribution is -0.136. The molecule has 9 nitrogen and oxygen atoms in total. The van der Waals surface area contributed by atoms with E-state index in [1.54, 1.807) is 11.9 Å². The molecule has 1 unspecified atom stereocenters. The van der Waals surface area contributed by atoms with Gasteiger partial charge in [0.25, 0.3) is 0 Å². The van der Waals surface area contributed by atoms with Crippen LogP contribution < -0.4 is 16.0 Å². The molecule has 238 valence electrons. The van der Waals surface area contributed by atoms with Crippen molar-refractivity contribution < 1.29 is 24.6 Å². The average molecular weight is 589 g/mol. The van der Waals surface area contributed by atoms with E-state index in [-0.39, 0.29) is 24.1 Å². The summed E-state index contributed by atoms with van der Waals surface area (Å²) >= 11 is 0. The lowest BCUT2D eigenvalue weighted by Crippen LogP contribution is -2.55. The molecule has 5 atom stereocenters. The Balaban J connectivity index is 2.15. The zero-order chi connectivity index (χ0) is 30.9. The number of amides is 3. The van der Waals surface area contributed by atoms with Gasteiger partial charge in [0, 0.05) is 26.6 Å². The number of hydrogen-bond donors (Lipinski definition) is 5. The number of aliphatic hydroxyl groups is 2. The number of hydrogen-bond acceptors (Lipinski definition) is 6. The van der Waals surface area contributed by atoms with Crippen LogP contribution in [0.3, 0.4) is 0 Å². The number of carbonyl (C=O) groups excluding carboxylic acids is 3. The van der Waals surface area contributed by atoms with Crippen LogP contribution in [0.1, 0.15) is 90.0 Å². The van der Waals surface area contributed by atoms with Crippen molar-refractivity contribution in [1.29, 1.82) is 0 Å². The van der Waals surface area contributed by atoms with Crippen molar-refractivity contribution in [2.75, 3.05) is 27.2 Å². The van der Waals surface area contributed by atoms with Crippen LogP contribution in [0.2, 0.25) is 0 Å². The van der Waals surface area contributed by atoms with Crippen molar-refractivity contribution in [2.45, 2.75) is 115 Å². The van der Waals surface area contributed by atoms with Crippen molar-refractivity contribution in [3.8, 4) is 0 Å². The highest BCUT2D eigenvalue weighted by Gasteiger charge is 2.33. The van der Waals surface area contributed by atoms with E-state index in [2.05, 4.69) is 16.0 Å². The van der Waals surface area contributed by atoms with E-state index in [1.807, 2.05) is 51.2 Å². The van der Waals surface area contributed by atoms with Gasteiger partial charge in [-0.2, -0.15) is 0 Å². The molecular weight excluding hydrogens is 532 g/mol. The number of aliphatic hydroxyl groups excluding tert-OH is 2. The Labute approximate surface area is 253 Å². The maximum atomic E-state index is 13.6. The summed E-state index contributed by atoms with van der Waals surface area (Å²) in [6.45, 7) is 5.05. The second kappa shape index (κ2) is 19.7. The van der Waals surface area contributed by atoms with E-state index in [9.17, 15) is 24.6 Å². The zero-order valence-electron chi connectivity index (χ0n) is 26.3. The number of nitrogens with one attached hydrogen (secondary N) is 3. The third kappa shape index (κ3) is 12.4. The fourth-order valence-electron chi connectivity index (χ4n) is 5.77. The van der Waals surface area contributed by atoms with Crippen molar-refractivity contribution >= 4 is 17.7 Å². The van der Waals surface area contributed by atoms with Crippen LogP contribution in [-0.4, -0.2) is 84.3 Å². The molecule has 3 amide bonds. The fourth-order valence-corrected chi connectivity index (χ4v) is 5.77. The smallest absolute Gasteiger partial charge is 0.242 e. The first-order valence-corrected chi connectivity index (χ1v) is 16.1. The predicted octanol–water partition coefficient (Wildman–Crippen LogP) is 3.18. The molecule has 0 bridgehead atoms. The van der Waals surface area contributed by atoms with Crippen LogP contribution in [-0.2, 0) is 20.8 Å². The highest BCUT2D eigenvalue weighted by atomic mass is 16.3. The Bertz CT molecular complexity index is 924. The molecule has 1 saturated carbocycles. The van der Waals surface area contributed by atoms with Crippen molar-refractivity contribution in [3.05, 3.63) is 35.9 Å². The number of benzene rings is 1. The Hall–Kier alpha value is -2.49. The van der Waals surface area contributed by atoms with Crippen LogP contribution in [0, 0.1) is 11.8 Å². The molecule has 0 saturated heterocycles. The summed E-state index contributed by atoms with van der Waals surface area (Å²) in [5.41, 5.74) is 0.942. The molecule has 0 radical (unpaired) electrons. The topological polar surface area (TPSA) is 131 Å². The summed E-state index contributed by atoms with van der Waals surface area (Å²) < 4.78 is 0. The normalized spacial score (nSPS) is 17.5. The van der Waals surface area contributed by atoms with Gasteiger partial charge in [-0.15, -0.1) is 0 Å². The second-order valence-corrected chi connectivity index (χ2v) is 12.0. The van der Waals surface area contributed by atoms with Crippen LogP contribution in [0.5, 0.6) is 0 Å². The molecule has 0 aliphatic heterocycles. The van der Waals surface area contributed by atoms with Gasteiger partial charge in [0.15, 0.2) is 0 Å². The monoisotopic (exact) mass is 588 g/mol. The quantitative estimate of drug-likeness (QED) is 0.169. The Morgan fingerprint density at radius 3 is 2.31 bits per heavy atom. The molecule has 1 aliphatic carbocycles. The standard InChI is InChI=1S/C33H56N4O5/c1-5-7-18-29(38)31(40)28(22-25-16-12-9-13-17-25)36-33(42)27(6-2)35-32(41)26(21-24-14-10-8-11-15-24)23-30(39)37(4)20-19-34-3/h8,10-11,14-15,25-29,31,34,38,40H,5-7,9,12-13,16-23H2,1-4H3,(H,35,41)(H,36,42)/t26-,27+,28?,29+,31-/m1/s1. The number of unbranched alkanes of at least 4 members (excludes halogenated alkanes) is 1. The molecule has 9 heteroatoms. The summed E-state index contributed by atoms with van der Waals surface area (Å²) in [6.07, 6.45) is 7.13. The van der Waals surface area contributed by atoms with Gasteiger partial charge in [-0.05, 0) is 44.2 Å². The SMILES string of the molecule is CCCC[C@H](O)[C@H](O)C(CC1CCCCC1)NC(=O)[C@H](CC)NC(=O)[C@@H](CC(=O)N(C)CCNC)Cc1ccccc1. The van der Waals surface area contributed by atoms with Crippen LogP contribution in [0.25, 0.3) is 0 Å². The van der Waals surface area contributed by atoms with Crippen LogP contribution >= 0.6 is 0 Å². The number of rotatable bonds is 19. The molecule has 2 rings (SSSR count). The lowest BCUT2D eigenvalue weighted by atomic mass is 9.82. The van der Waals surface area contributed by atoms with E-state index in [4.69, 9.17) is 0 Å². The summed E-state index contributed by atoms with van der Waals surface area (Å²) in [5.74, 6) is -1.10. The minimum absolute atomic E-state index is 0.0334. The van der Waals surface area contributed by atoms with Gasteiger partial charge in [0.2, 0.25) is 17.7 Å². The maximum absolute atomic E-state index is 13.6. The lowest BCUT2D eigenvalue weighted by Gasteiger charge is -2.33. The minimum Gasteiger partial charge on any atom is -0.390 e. The molecule has 5 N–H and O–H groups in total. The summed E-state index contributed by atoms with van der Waals surface area (Å²) in [7, 11) is 3.55. The number of carbonyl (C=O) groups is 3. The first kappa shape index (κ1) is 35.7. The van der Waals surface area contributed by atoms with Crippen LogP contribution in [0.15, 0.2) is 30.3 Å². The molecule has 42 heavy (non-hydrogen) atoms. The van der Waals surface area contributed by atoms with Gasteiger partial charge in [0.05, 0.1) is 24.2 Å². The minimum atomic E-state index is -1.08. The predicted molar refractivity (Wildman–Crippen MR) is 167 cm³/mol. The summed E-state index contributed by atoms with van der Waals surface area (Å²) in [5, 5.41) is 30.7. The molecule has 0 aromatic heterocycles. The molecule has 1 aliphatic rings. The number of likely N-dealkylation sites (N-methyl/N-ethyl adjacent to an activating group) is 2. The summed E-state index contributed by atoms with van der Waals surface area (Å²) in [6, 6.07) is 8.16. The van der Waals surface area contributed by atoms with Gasteiger partial charge in [-0.3, -0.25) is 14.4 Å². The largest absolute Gasteiger partial charge is 0.390 e. The van der Waals surface area contributed by atoms with E-state index in [0.29, 0.717) is 44.7 Å². The third-order valence-electron chi connectivity index (χ3n) is 8.58. The second-order valence-electron chi connectivity index (χ2n) is 12.0. The highest BCUT2D eigenvalue weighted by molar-refractivity contribution is 5.91. The van der Waals surface area contributed by atoms with E-state index >= 15 is 0 Å². The van der Waals surface area contributed by atoms with E-state index < -0.39 is 30.2 Å². The van der Waals surface area contributed by atoms with E-state index in [0.717, 1.165) is 44.1 Å². The zero-order valence-corrected chi connectivity index (χ0v) is 26.3. The Kier molecular flexibility index (Phi) is 16.7. The third-order valence-corrected chi connectivity index (χ3v) is 8.58. The Morgan fingerprint density at radius 1 is 1.00 bits per heavy atom. The van der Waals surface area contributed by atoms with Gasteiger partial charge in [0.1, 0.15) is 6.04 Å². The summed E-state index contributed by atoms with van der Waals surface area (Å²) in [4.78, 5) is 41.7. The Morgan fingerprint density at radius 2 is 1.69 bits per heavy atom. The van der Waals surface area contributed by atoms with Crippen molar-refractivity contribution in [3.63, 3.8) is 0 Å². The molecule has 1 aromatic rings.